The van der Waals surface area contributed by atoms with E-state index >= 15 is 0 Å². The van der Waals surface area contributed by atoms with Gasteiger partial charge < -0.3 is 18.9 Å². The third-order valence-electron chi connectivity index (χ3n) is 4.34. The maximum atomic E-state index is 12.9. The van der Waals surface area contributed by atoms with Crippen LogP contribution in [0.15, 0.2) is 59.6 Å². The van der Waals surface area contributed by atoms with E-state index in [4.69, 9.17) is 14.0 Å². The molecule has 0 atom stereocenters. The van der Waals surface area contributed by atoms with Crippen LogP contribution in [0.1, 0.15) is 21.8 Å². The molecule has 3 aromatic rings. The predicted octanol–water partition coefficient (Wildman–Crippen LogP) is 3.89. The van der Waals surface area contributed by atoms with E-state index in [1.54, 1.807) is 43.4 Å². The maximum absolute atomic E-state index is 12.9. The van der Waals surface area contributed by atoms with Crippen LogP contribution < -0.4 is 9.47 Å². The quantitative estimate of drug-likeness (QED) is 0.540. The van der Waals surface area contributed by atoms with Crippen LogP contribution in [0.25, 0.3) is 11.4 Å². The molecule has 1 amide bonds. The van der Waals surface area contributed by atoms with Crippen molar-refractivity contribution in [3.63, 3.8) is 0 Å². The van der Waals surface area contributed by atoms with E-state index in [1.165, 1.54) is 0 Å². The van der Waals surface area contributed by atoms with Crippen molar-refractivity contribution < 1.29 is 18.8 Å². The Morgan fingerprint density at radius 3 is 2.66 bits per heavy atom. The summed E-state index contributed by atoms with van der Waals surface area (Å²) in [4.78, 5) is 18.9. The van der Waals surface area contributed by atoms with Crippen molar-refractivity contribution in [2.75, 3.05) is 20.8 Å². The van der Waals surface area contributed by atoms with E-state index in [0.717, 1.165) is 11.1 Å². The number of methoxy groups -OCH3 is 2. The van der Waals surface area contributed by atoms with Gasteiger partial charge in [-0.25, -0.2) is 0 Å². The Kier molecular flexibility index (Phi) is 6.29. The van der Waals surface area contributed by atoms with Gasteiger partial charge in [0.05, 0.1) is 14.2 Å². The molecule has 0 N–H and O–H groups in total. The van der Waals surface area contributed by atoms with Gasteiger partial charge in [0.2, 0.25) is 11.7 Å². The molecule has 2 aromatic carbocycles. The van der Waals surface area contributed by atoms with E-state index < -0.39 is 0 Å². The number of aromatic nitrogens is 2. The van der Waals surface area contributed by atoms with Crippen molar-refractivity contribution in [2.24, 2.45) is 0 Å². The SMILES string of the molecule is C=CCN(Cc1nc(-c2ccc(OC)c(OC)c2)no1)C(=O)c1cccc(C)c1. The molecule has 0 radical (unpaired) electrons. The molecule has 1 aromatic heterocycles. The lowest BCUT2D eigenvalue weighted by atomic mass is 10.1. The molecular formula is C22H23N3O4. The molecule has 7 nitrogen and oxygen atoms in total. The van der Waals surface area contributed by atoms with Gasteiger partial charge in [0.1, 0.15) is 6.54 Å². The van der Waals surface area contributed by atoms with Crippen LogP contribution in [-0.4, -0.2) is 41.7 Å². The van der Waals surface area contributed by atoms with Gasteiger partial charge in [0, 0.05) is 17.7 Å². The molecular weight excluding hydrogens is 370 g/mol. The fourth-order valence-corrected chi connectivity index (χ4v) is 2.91. The zero-order valence-corrected chi connectivity index (χ0v) is 16.7. The molecule has 1 heterocycles. The summed E-state index contributed by atoms with van der Waals surface area (Å²) in [7, 11) is 3.14. The van der Waals surface area contributed by atoms with Gasteiger partial charge in [-0.15, -0.1) is 6.58 Å². The van der Waals surface area contributed by atoms with E-state index in [1.807, 2.05) is 31.2 Å². The third kappa shape index (κ3) is 4.63. The Morgan fingerprint density at radius 1 is 1.17 bits per heavy atom. The minimum Gasteiger partial charge on any atom is -0.493 e. The second kappa shape index (κ2) is 9.05. The minimum atomic E-state index is -0.125. The van der Waals surface area contributed by atoms with Crippen LogP contribution in [0.2, 0.25) is 0 Å². The van der Waals surface area contributed by atoms with Crippen molar-refractivity contribution in [1.29, 1.82) is 0 Å². The monoisotopic (exact) mass is 393 g/mol. The summed E-state index contributed by atoms with van der Waals surface area (Å²) in [6, 6.07) is 12.8. The molecule has 0 saturated carbocycles. The lowest BCUT2D eigenvalue weighted by molar-refractivity contribution is 0.0745. The van der Waals surface area contributed by atoms with Gasteiger partial charge in [-0.3, -0.25) is 4.79 Å². The van der Waals surface area contributed by atoms with Gasteiger partial charge in [-0.1, -0.05) is 28.9 Å². The Hall–Kier alpha value is -3.61. The highest BCUT2D eigenvalue weighted by atomic mass is 16.5. The van der Waals surface area contributed by atoms with Gasteiger partial charge >= 0.3 is 0 Å². The normalized spacial score (nSPS) is 10.4. The first kappa shape index (κ1) is 20.1. The van der Waals surface area contributed by atoms with Crippen molar-refractivity contribution in [1.82, 2.24) is 15.0 Å². The van der Waals surface area contributed by atoms with E-state index in [2.05, 4.69) is 16.7 Å². The molecule has 150 valence electrons. The number of amides is 1. The van der Waals surface area contributed by atoms with E-state index in [0.29, 0.717) is 35.3 Å². The lowest BCUT2D eigenvalue weighted by Gasteiger charge is -2.19. The fourth-order valence-electron chi connectivity index (χ4n) is 2.91. The summed E-state index contributed by atoms with van der Waals surface area (Å²) < 4.78 is 15.9. The van der Waals surface area contributed by atoms with Crippen LogP contribution in [0.3, 0.4) is 0 Å². The highest BCUT2D eigenvalue weighted by Gasteiger charge is 2.19. The highest BCUT2D eigenvalue weighted by molar-refractivity contribution is 5.94. The largest absolute Gasteiger partial charge is 0.493 e. The van der Waals surface area contributed by atoms with Crippen molar-refractivity contribution in [3.8, 4) is 22.9 Å². The topological polar surface area (TPSA) is 77.7 Å². The second-order valence-electron chi connectivity index (χ2n) is 6.43. The smallest absolute Gasteiger partial charge is 0.254 e. The van der Waals surface area contributed by atoms with Crippen molar-refractivity contribution >= 4 is 5.91 Å². The van der Waals surface area contributed by atoms with Gasteiger partial charge in [-0.05, 0) is 37.3 Å². The molecule has 29 heavy (non-hydrogen) atoms. The summed E-state index contributed by atoms with van der Waals surface area (Å²) in [5, 5.41) is 4.03. The summed E-state index contributed by atoms with van der Waals surface area (Å²) in [6.45, 7) is 6.23. The van der Waals surface area contributed by atoms with E-state index in [9.17, 15) is 4.79 Å². The summed E-state index contributed by atoms with van der Waals surface area (Å²) in [5.41, 5.74) is 2.34. The molecule has 3 rings (SSSR count). The molecule has 0 bridgehead atoms. The Balaban J connectivity index is 1.81. The zero-order valence-electron chi connectivity index (χ0n) is 16.7. The number of rotatable bonds is 8. The van der Waals surface area contributed by atoms with Gasteiger partial charge in [0.25, 0.3) is 5.91 Å². The molecule has 7 heteroatoms. The fraction of sp³-hybridized carbons (Fsp3) is 0.227. The molecule has 0 saturated heterocycles. The molecule has 0 fully saturated rings. The van der Waals surface area contributed by atoms with Crippen molar-refractivity contribution in [2.45, 2.75) is 13.5 Å². The number of benzene rings is 2. The van der Waals surface area contributed by atoms with Crippen LogP contribution in [-0.2, 0) is 6.54 Å². The standard InChI is InChI=1S/C22H23N3O4/c1-5-11-25(22(26)17-8-6-7-15(2)12-17)14-20-23-21(24-29-20)16-9-10-18(27-3)19(13-16)28-4/h5-10,12-13H,1,11,14H2,2-4H3. The predicted molar refractivity (Wildman–Crippen MR) is 109 cm³/mol. The van der Waals surface area contributed by atoms with Crippen molar-refractivity contribution in [3.05, 3.63) is 72.1 Å². The Labute approximate surface area is 169 Å². The van der Waals surface area contributed by atoms with Gasteiger partial charge in [0.15, 0.2) is 11.5 Å². The van der Waals surface area contributed by atoms with Gasteiger partial charge in [-0.2, -0.15) is 4.98 Å². The first-order chi connectivity index (χ1) is 14.0. The minimum absolute atomic E-state index is 0.125. The number of carbonyl (C=O) groups excluding carboxylic acids is 1. The maximum Gasteiger partial charge on any atom is 0.254 e. The lowest BCUT2D eigenvalue weighted by Crippen LogP contribution is -2.30. The Bertz CT molecular complexity index is 1010. The summed E-state index contributed by atoms with van der Waals surface area (Å²) in [6.07, 6.45) is 1.67. The number of aryl methyl sites for hydroxylation is 1. The zero-order chi connectivity index (χ0) is 20.8. The molecule has 0 aliphatic carbocycles. The first-order valence-corrected chi connectivity index (χ1v) is 9.07. The number of hydrogen-bond acceptors (Lipinski definition) is 6. The first-order valence-electron chi connectivity index (χ1n) is 9.07. The third-order valence-corrected chi connectivity index (χ3v) is 4.34. The summed E-state index contributed by atoms with van der Waals surface area (Å²) in [5.74, 6) is 1.79. The summed E-state index contributed by atoms with van der Waals surface area (Å²) >= 11 is 0. The highest BCUT2D eigenvalue weighted by Crippen LogP contribution is 2.31. The van der Waals surface area contributed by atoms with Crippen LogP contribution in [0.5, 0.6) is 11.5 Å². The van der Waals surface area contributed by atoms with E-state index in [-0.39, 0.29) is 12.5 Å². The van der Waals surface area contributed by atoms with Crippen LogP contribution >= 0.6 is 0 Å². The number of hydrogen-bond donors (Lipinski definition) is 0. The number of nitrogens with zero attached hydrogens (tertiary/aromatic N) is 3. The van der Waals surface area contributed by atoms with Crippen LogP contribution in [0.4, 0.5) is 0 Å². The average Bonchev–Trinajstić information content (AvgIpc) is 3.21. The number of ether oxygens (including phenoxy) is 2. The molecule has 0 unspecified atom stereocenters. The molecule has 0 aliphatic rings. The molecule has 0 aliphatic heterocycles. The van der Waals surface area contributed by atoms with Crippen LogP contribution in [0, 0.1) is 6.92 Å². The Morgan fingerprint density at radius 2 is 1.97 bits per heavy atom. The second-order valence-corrected chi connectivity index (χ2v) is 6.43. The average molecular weight is 393 g/mol. The number of carbonyl (C=O) groups is 1. The molecule has 0 spiro atoms.